The largest absolute Gasteiger partial charge is 0.203 e. The second-order valence-electron chi connectivity index (χ2n) is 8.29. The summed E-state index contributed by atoms with van der Waals surface area (Å²) in [6.45, 7) is 3.60. The summed E-state index contributed by atoms with van der Waals surface area (Å²) in [6, 6.07) is 20.4. The van der Waals surface area contributed by atoms with Crippen LogP contribution in [0.1, 0.15) is 35.6 Å². The van der Waals surface area contributed by atoms with E-state index in [0.29, 0.717) is 16.7 Å². The van der Waals surface area contributed by atoms with E-state index in [0.717, 1.165) is 18.4 Å². The lowest BCUT2D eigenvalue weighted by molar-refractivity contribution is 0.505. The van der Waals surface area contributed by atoms with Crippen molar-refractivity contribution in [1.29, 1.82) is 0 Å². The molecule has 0 bridgehead atoms. The van der Waals surface area contributed by atoms with Crippen LogP contribution in [0.4, 0.5) is 17.6 Å². The van der Waals surface area contributed by atoms with Gasteiger partial charge in [0, 0.05) is 16.7 Å². The average molecular weight is 461 g/mol. The molecule has 0 nitrogen and oxygen atoms in total. The molecule has 0 aromatic heterocycles. The first-order valence-corrected chi connectivity index (χ1v) is 11.2. The number of halogens is 4. The highest BCUT2D eigenvalue weighted by atomic mass is 19.2. The molecular formula is C30H24F4. The van der Waals surface area contributed by atoms with Gasteiger partial charge >= 0.3 is 0 Å². The van der Waals surface area contributed by atoms with Crippen LogP contribution in [0.2, 0.25) is 0 Å². The van der Waals surface area contributed by atoms with Gasteiger partial charge in [0.1, 0.15) is 0 Å². The molecule has 0 unspecified atom stereocenters. The topological polar surface area (TPSA) is 0 Å². The maximum atomic E-state index is 14.8. The van der Waals surface area contributed by atoms with Crippen molar-refractivity contribution in [1.82, 2.24) is 0 Å². The minimum Gasteiger partial charge on any atom is -0.203 e. The van der Waals surface area contributed by atoms with E-state index in [1.165, 1.54) is 25.1 Å². The van der Waals surface area contributed by atoms with Gasteiger partial charge in [-0.05, 0) is 41.2 Å². The number of hydrogen-bond donors (Lipinski definition) is 0. The summed E-state index contributed by atoms with van der Waals surface area (Å²) in [7, 11) is 0. The van der Waals surface area contributed by atoms with E-state index in [-0.39, 0.29) is 22.3 Å². The maximum Gasteiger partial charge on any atom is 0.167 e. The molecule has 4 aromatic carbocycles. The Morgan fingerprint density at radius 2 is 1.15 bits per heavy atom. The summed E-state index contributed by atoms with van der Waals surface area (Å²) in [4.78, 5) is 0. The standard InChI is InChI=1S/C30H24F4/c1-3-4-20-6-11-23(12-7-20)26-18-16-24(28(32)30(26)34)15-10-21-8-13-22(14-9-21)25-17-5-19(2)27(31)29(25)33/h5-18H,3-4H2,1-2H3. The normalized spacial score (nSPS) is 11.4. The van der Waals surface area contributed by atoms with E-state index < -0.39 is 23.3 Å². The zero-order valence-corrected chi connectivity index (χ0v) is 19.0. The Bertz CT molecular complexity index is 1330. The number of hydrogen-bond acceptors (Lipinski definition) is 0. The van der Waals surface area contributed by atoms with Crippen molar-refractivity contribution >= 4 is 12.2 Å². The van der Waals surface area contributed by atoms with E-state index in [4.69, 9.17) is 0 Å². The predicted molar refractivity (Wildman–Crippen MR) is 131 cm³/mol. The molecule has 0 radical (unpaired) electrons. The summed E-state index contributed by atoms with van der Waals surface area (Å²) in [5.41, 5.74) is 3.79. The predicted octanol–water partition coefficient (Wildman–Crippen LogP) is 9.01. The quantitative estimate of drug-likeness (QED) is 0.199. The van der Waals surface area contributed by atoms with Gasteiger partial charge in [-0.2, -0.15) is 0 Å². The van der Waals surface area contributed by atoms with Gasteiger partial charge < -0.3 is 0 Å². The van der Waals surface area contributed by atoms with Crippen LogP contribution >= 0.6 is 0 Å². The van der Waals surface area contributed by atoms with Crippen molar-refractivity contribution in [2.24, 2.45) is 0 Å². The van der Waals surface area contributed by atoms with Crippen LogP contribution in [-0.2, 0) is 6.42 Å². The maximum absolute atomic E-state index is 14.8. The van der Waals surface area contributed by atoms with Crippen LogP contribution in [0.25, 0.3) is 34.4 Å². The van der Waals surface area contributed by atoms with Crippen molar-refractivity contribution in [3.05, 3.63) is 118 Å². The molecule has 0 N–H and O–H groups in total. The summed E-state index contributed by atoms with van der Waals surface area (Å²) >= 11 is 0. The molecule has 0 heterocycles. The fraction of sp³-hybridized carbons (Fsp3) is 0.133. The zero-order chi connectivity index (χ0) is 24.2. The fourth-order valence-corrected chi connectivity index (χ4v) is 3.88. The molecule has 4 heteroatoms. The van der Waals surface area contributed by atoms with E-state index in [9.17, 15) is 17.6 Å². The van der Waals surface area contributed by atoms with Gasteiger partial charge in [0.15, 0.2) is 23.3 Å². The number of rotatable bonds is 6. The molecule has 0 spiro atoms. The highest BCUT2D eigenvalue weighted by Crippen LogP contribution is 2.29. The Balaban J connectivity index is 1.55. The third-order valence-corrected chi connectivity index (χ3v) is 5.87. The molecule has 0 fully saturated rings. The van der Waals surface area contributed by atoms with Crippen LogP contribution in [0.3, 0.4) is 0 Å². The molecule has 0 saturated carbocycles. The molecule has 172 valence electrons. The monoisotopic (exact) mass is 460 g/mol. The van der Waals surface area contributed by atoms with Crippen LogP contribution in [0.5, 0.6) is 0 Å². The van der Waals surface area contributed by atoms with Crippen LogP contribution < -0.4 is 0 Å². The minimum atomic E-state index is -0.916. The summed E-state index contributed by atoms with van der Waals surface area (Å²) < 4.78 is 57.6. The first-order chi connectivity index (χ1) is 16.4. The van der Waals surface area contributed by atoms with E-state index in [2.05, 4.69) is 6.92 Å². The molecule has 0 aliphatic rings. The van der Waals surface area contributed by atoms with Crippen LogP contribution in [0, 0.1) is 30.2 Å². The van der Waals surface area contributed by atoms with Crippen molar-refractivity contribution in [3.8, 4) is 22.3 Å². The van der Waals surface area contributed by atoms with Gasteiger partial charge in [0.25, 0.3) is 0 Å². The van der Waals surface area contributed by atoms with Gasteiger partial charge in [0.2, 0.25) is 0 Å². The molecular weight excluding hydrogens is 436 g/mol. The second kappa shape index (κ2) is 10.1. The van der Waals surface area contributed by atoms with Crippen molar-refractivity contribution in [3.63, 3.8) is 0 Å². The molecule has 4 rings (SSSR count). The van der Waals surface area contributed by atoms with Gasteiger partial charge in [-0.1, -0.05) is 98.3 Å². The van der Waals surface area contributed by atoms with Crippen LogP contribution in [0.15, 0.2) is 72.8 Å². The Morgan fingerprint density at radius 3 is 1.76 bits per heavy atom. The smallest absolute Gasteiger partial charge is 0.167 e. The molecule has 4 aromatic rings. The Labute approximate surface area is 197 Å². The molecule has 0 amide bonds. The molecule has 0 aliphatic carbocycles. The Kier molecular flexibility index (Phi) is 6.97. The highest BCUT2D eigenvalue weighted by Gasteiger charge is 2.14. The SMILES string of the molecule is CCCc1ccc(-c2ccc(C=Cc3ccc(-c4ccc(C)c(F)c4F)cc3)c(F)c2F)cc1. The minimum absolute atomic E-state index is 0.125. The lowest BCUT2D eigenvalue weighted by Crippen LogP contribution is -1.94. The first kappa shape index (κ1) is 23.5. The van der Waals surface area contributed by atoms with E-state index in [1.54, 1.807) is 42.5 Å². The lowest BCUT2D eigenvalue weighted by Gasteiger charge is -2.08. The summed E-state index contributed by atoms with van der Waals surface area (Å²) in [6.07, 6.45) is 5.10. The van der Waals surface area contributed by atoms with Gasteiger partial charge in [-0.25, -0.2) is 17.6 Å². The van der Waals surface area contributed by atoms with Gasteiger partial charge in [0.05, 0.1) is 0 Å². The average Bonchev–Trinajstić information content (AvgIpc) is 2.85. The first-order valence-electron chi connectivity index (χ1n) is 11.2. The molecule has 34 heavy (non-hydrogen) atoms. The van der Waals surface area contributed by atoms with E-state index >= 15 is 0 Å². The Hall–Kier alpha value is -3.66. The van der Waals surface area contributed by atoms with Crippen molar-refractivity contribution in [2.45, 2.75) is 26.7 Å². The number of benzene rings is 4. The highest BCUT2D eigenvalue weighted by molar-refractivity contribution is 5.74. The summed E-state index contributed by atoms with van der Waals surface area (Å²) in [5, 5.41) is 0. The zero-order valence-electron chi connectivity index (χ0n) is 19.0. The van der Waals surface area contributed by atoms with Crippen molar-refractivity contribution in [2.75, 3.05) is 0 Å². The summed E-state index contributed by atoms with van der Waals surface area (Å²) in [5.74, 6) is -3.56. The van der Waals surface area contributed by atoms with Gasteiger partial charge in [-0.15, -0.1) is 0 Å². The molecule has 0 saturated heterocycles. The lowest BCUT2D eigenvalue weighted by atomic mass is 9.99. The second-order valence-corrected chi connectivity index (χ2v) is 8.29. The molecule has 0 atom stereocenters. The fourth-order valence-electron chi connectivity index (χ4n) is 3.88. The van der Waals surface area contributed by atoms with E-state index in [1.807, 2.05) is 24.3 Å². The van der Waals surface area contributed by atoms with Crippen molar-refractivity contribution < 1.29 is 17.6 Å². The number of aryl methyl sites for hydroxylation is 2. The van der Waals surface area contributed by atoms with Crippen LogP contribution in [-0.4, -0.2) is 0 Å². The third-order valence-electron chi connectivity index (χ3n) is 5.87. The Morgan fingerprint density at radius 1 is 0.588 bits per heavy atom. The molecule has 0 aliphatic heterocycles. The third kappa shape index (κ3) is 4.81. The van der Waals surface area contributed by atoms with Gasteiger partial charge in [-0.3, -0.25) is 0 Å².